The highest BCUT2D eigenvalue weighted by molar-refractivity contribution is 6.30. The second-order valence-electron chi connectivity index (χ2n) is 5.07. The molecule has 0 radical (unpaired) electrons. The number of imide groups is 1. The summed E-state index contributed by atoms with van der Waals surface area (Å²) >= 11 is 5.82. The predicted molar refractivity (Wildman–Crippen MR) is 84.5 cm³/mol. The van der Waals surface area contributed by atoms with E-state index in [0.29, 0.717) is 21.8 Å². The normalized spacial score (nSPS) is 14.5. The molecule has 7 nitrogen and oxygen atoms in total. The minimum Gasteiger partial charge on any atom is -0.447 e. The van der Waals surface area contributed by atoms with E-state index in [9.17, 15) is 14.4 Å². The lowest BCUT2D eigenvalue weighted by atomic mass is 10.1. The Balaban J connectivity index is 2.00. The molecule has 1 aromatic carbocycles. The van der Waals surface area contributed by atoms with Crippen molar-refractivity contribution in [2.24, 2.45) is 5.73 Å². The fraction of sp³-hybridized carbons (Fsp3) is 0.125. The summed E-state index contributed by atoms with van der Waals surface area (Å²) in [6.45, 7) is -0.296. The lowest BCUT2D eigenvalue weighted by Crippen LogP contribution is -2.38. The molecule has 0 saturated carbocycles. The molecular weight excluding hydrogens is 334 g/mol. The van der Waals surface area contributed by atoms with Gasteiger partial charge in [0.1, 0.15) is 12.6 Å². The highest BCUT2D eigenvalue weighted by Gasteiger charge is 2.41. The quantitative estimate of drug-likeness (QED) is 0.855. The molecule has 1 atom stereocenters. The Labute approximate surface area is 142 Å². The topological polar surface area (TPSA) is 103 Å². The van der Waals surface area contributed by atoms with Crippen LogP contribution in [0.2, 0.25) is 5.02 Å². The van der Waals surface area contributed by atoms with E-state index >= 15 is 0 Å². The van der Waals surface area contributed by atoms with E-state index in [1.54, 1.807) is 36.4 Å². The minimum absolute atomic E-state index is 0.292. The van der Waals surface area contributed by atoms with Gasteiger partial charge in [0, 0.05) is 6.20 Å². The van der Waals surface area contributed by atoms with E-state index in [4.69, 9.17) is 22.1 Å². The average Bonchev–Trinajstić information content (AvgIpc) is 2.82. The van der Waals surface area contributed by atoms with Gasteiger partial charge in [-0.3, -0.25) is 19.5 Å². The maximum absolute atomic E-state index is 12.6. The van der Waals surface area contributed by atoms with Crippen molar-refractivity contribution in [3.8, 4) is 0 Å². The van der Waals surface area contributed by atoms with Crippen molar-refractivity contribution < 1.29 is 19.1 Å². The minimum atomic E-state index is -1.01. The number of primary amides is 1. The molecule has 122 valence electrons. The van der Waals surface area contributed by atoms with Crippen LogP contribution in [-0.2, 0) is 4.74 Å². The number of hydrogen-bond acceptors (Lipinski definition) is 5. The third-order valence-electron chi connectivity index (χ3n) is 3.61. The van der Waals surface area contributed by atoms with Gasteiger partial charge in [-0.2, -0.15) is 0 Å². The number of aromatic nitrogens is 1. The first-order chi connectivity index (χ1) is 11.5. The number of carbonyl (C=O) groups is 3. The summed E-state index contributed by atoms with van der Waals surface area (Å²) in [4.78, 5) is 41.3. The van der Waals surface area contributed by atoms with E-state index in [-0.39, 0.29) is 6.61 Å². The molecule has 2 heterocycles. The third-order valence-corrected chi connectivity index (χ3v) is 3.84. The van der Waals surface area contributed by atoms with Crippen LogP contribution in [-0.4, -0.2) is 34.4 Å². The standard InChI is InChI=1S/C16H12ClN3O4/c17-9-5-6-12(19-7-9)13(8-24-16(18)23)20-14(21)10-3-1-2-4-11(10)15(20)22/h1-7,13H,8H2,(H2,18,23). The van der Waals surface area contributed by atoms with Crippen molar-refractivity contribution in [3.63, 3.8) is 0 Å². The molecule has 3 rings (SSSR count). The van der Waals surface area contributed by atoms with Crippen LogP contribution in [0.25, 0.3) is 0 Å². The second kappa shape index (κ2) is 6.29. The van der Waals surface area contributed by atoms with Crippen LogP contribution in [0.15, 0.2) is 42.6 Å². The van der Waals surface area contributed by atoms with E-state index in [1.807, 2.05) is 0 Å². The summed E-state index contributed by atoms with van der Waals surface area (Å²) in [5, 5.41) is 0.399. The van der Waals surface area contributed by atoms with Crippen molar-refractivity contribution in [2.45, 2.75) is 6.04 Å². The molecule has 24 heavy (non-hydrogen) atoms. The number of rotatable bonds is 4. The molecule has 0 aliphatic carbocycles. The molecule has 3 amide bonds. The SMILES string of the molecule is NC(=O)OCC(c1ccc(Cl)cn1)N1C(=O)c2ccccc2C1=O. The number of carbonyl (C=O) groups excluding carboxylic acids is 3. The Morgan fingerprint density at radius 3 is 2.29 bits per heavy atom. The number of halogens is 1. The molecule has 1 aromatic heterocycles. The summed E-state index contributed by atoms with van der Waals surface area (Å²) in [6.07, 6.45) is 0.373. The Hall–Kier alpha value is -2.93. The summed E-state index contributed by atoms with van der Waals surface area (Å²) in [5.74, 6) is -0.962. The van der Waals surface area contributed by atoms with Gasteiger partial charge in [-0.05, 0) is 24.3 Å². The number of nitrogens with zero attached hydrogens (tertiary/aromatic N) is 2. The molecular formula is C16H12ClN3O4. The van der Waals surface area contributed by atoms with Crippen molar-refractivity contribution in [3.05, 3.63) is 64.4 Å². The highest BCUT2D eigenvalue weighted by atomic mass is 35.5. The molecule has 2 aromatic rings. The Bertz CT molecular complexity index is 787. The number of amides is 3. The summed E-state index contributed by atoms with van der Waals surface area (Å²) < 4.78 is 4.82. The Morgan fingerprint density at radius 1 is 1.17 bits per heavy atom. The Kier molecular flexibility index (Phi) is 4.18. The molecule has 1 unspecified atom stereocenters. The van der Waals surface area contributed by atoms with Gasteiger partial charge in [0.05, 0.1) is 21.8 Å². The number of ether oxygens (including phenoxy) is 1. The number of benzene rings is 1. The van der Waals surface area contributed by atoms with Crippen LogP contribution in [0, 0.1) is 0 Å². The molecule has 0 bridgehead atoms. The number of fused-ring (bicyclic) bond motifs is 1. The van der Waals surface area contributed by atoms with E-state index < -0.39 is 23.9 Å². The monoisotopic (exact) mass is 345 g/mol. The smallest absolute Gasteiger partial charge is 0.404 e. The first-order valence-electron chi connectivity index (χ1n) is 6.99. The van der Waals surface area contributed by atoms with Gasteiger partial charge < -0.3 is 10.5 Å². The Morgan fingerprint density at radius 2 is 1.79 bits per heavy atom. The van der Waals surface area contributed by atoms with Crippen molar-refractivity contribution in [1.29, 1.82) is 0 Å². The predicted octanol–water partition coefficient (Wildman–Crippen LogP) is 2.17. The highest BCUT2D eigenvalue weighted by Crippen LogP contribution is 2.31. The van der Waals surface area contributed by atoms with Gasteiger partial charge in [-0.15, -0.1) is 0 Å². The zero-order valence-electron chi connectivity index (χ0n) is 12.3. The van der Waals surface area contributed by atoms with Gasteiger partial charge in [0.25, 0.3) is 11.8 Å². The van der Waals surface area contributed by atoms with E-state index in [2.05, 4.69) is 4.98 Å². The second-order valence-corrected chi connectivity index (χ2v) is 5.51. The lowest BCUT2D eigenvalue weighted by molar-refractivity contribution is 0.0481. The van der Waals surface area contributed by atoms with Crippen molar-refractivity contribution in [2.75, 3.05) is 6.61 Å². The van der Waals surface area contributed by atoms with Crippen LogP contribution in [0.5, 0.6) is 0 Å². The fourth-order valence-corrected chi connectivity index (χ4v) is 2.64. The molecule has 1 aliphatic heterocycles. The van der Waals surface area contributed by atoms with E-state index in [1.165, 1.54) is 6.20 Å². The summed E-state index contributed by atoms with van der Waals surface area (Å²) in [6, 6.07) is 8.70. The van der Waals surface area contributed by atoms with Crippen LogP contribution in [0.3, 0.4) is 0 Å². The van der Waals surface area contributed by atoms with E-state index in [0.717, 1.165) is 4.90 Å². The van der Waals surface area contributed by atoms with Crippen LogP contribution in [0.4, 0.5) is 4.79 Å². The number of nitrogens with two attached hydrogens (primary N) is 1. The number of pyridine rings is 1. The molecule has 0 saturated heterocycles. The first kappa shape index (κ1) is 15.9. The first-order valence-corrected chi connectivity index (χ1v) is 7.37. The average molecular weight is 346 g/mol. The number of hydrogen-bond donors (Lipinski definition) is 1. The maximum atomic E-state index is 12.6. The zero-order valence-corrected chi connectivity index (χ0v) is 13.1. The van der Waals surface area contributed by atoms with Crippen LogP contribution in [0.1, 0.15) is 32.5 Å². The molecule has 8 heteroatoms. The van der Waals surface area contributed by atoms with Gasteiger partial charge in [-0.25, -0.2) is 4.79 Å². The third kappa shape index (κ3) is 2.81. The van der Waals surface area contributed by atoms with Gasteiger partial charge in [0.15, 0.2) is 0 Å². The van der Waals surface area contributed by atoms with Crippen LogP contribution < -0.4 is 5.73 Å². The van der Waals surface area contributed by atoms with Gasteiger partial charge in [0.2, 0.25) is 0 Å². The molecule has 2 N–H and O–H groups in total. The fourth-order valence-electron chi connectivity index (χ4n) is 2.53. The largest absolute Gasteiger partial charge is 0.447 e. The molecule has 0 spiro atoms. The van der Waals surface area contributed by atoms with Crippen molar-refractivity contribution in [1.82, 2.24) is 9.88 Å². The van der Waals surface area contributed by atoms with Gasteiger partial charge in [-0.1, -0.05) is 23.7 Å². The zero-order chi connectivity index (χ0) is 17.3. The van der Waals surface area contributed by atoms with Crippen molar-refractivity contribution >= 4 is 29.5 Å². The summed E-state index contributed by atoms with van der Waals surface area (Å²) in [7, 11) is 0. The maximum Gasteiger partial charge on any atom is 0.404 e. The summed E-state index contributed by atoms with van der Waals surface area (Å²) in [5.41, 5.74) is 5.95. The van der Waals surface area contributed by atoms with Gasteiger partial charge >= 0.3 is 6.09 Å². The molecule has 1 aliphatic rings. The van der Waals surface area contributed by atoms with Crippen LogP contribution >= 0.6 is 11.6 Å². The lowest BCUT2D eigenvalue weighted by Gasteiger charge is -2.25. The molecule has 0 fully saturated rings.